The monoisotopic (exact) mass is 322 g/mol. The summed E-state index contributed by atoms with van der Waals surface area (Å²) >= 11 is 1.53. The third-order valence-electron chi connectivity index (χ3n) is 3.58. The summed E-state index contributed by atoms with van der Waals surface area (Å²) in [5.41, 5.74) is 0.789. The molecule has 0 spiro atoms. The van der Waals surface area contributed by atoms with Crippen molar-refractivity contribution in [1.82, 2.24) is 9.29 Å². The van der Waals surface area contributed by atoms with Crippen molar-refractivity contribution in [1.29, 1.82) is 0 Å². The standard InChI is InChI=1S/C15H18N2O2S2/c1-11-9-15(12(2)20-11)21(18,19)17(14-6-7-14)10-13-5-3-4-8-16-13/h3-5,8-9,14H,6-7,10H2,1-2H3. The second kappa shape index (κ2) is 5.51. The lowest BCUT2D eigenvalue weighted by Gasteiger charge is -2.21. The summed E-state index contributed by atoms with van der Waals surface area (Å²) in [6.45, 7) is 4.16. The van der Waals surface area contributed by atoms with E-state index in [1.807, 2.05) is 32.0 Å². The summed E-state index contributed by atoms with van der Waals surface area (Å²) in [5, 5.41) is 0. The Morgan fingerprint density at radius 3 is 2.62 bits per heavy atom. The fourth-order valence-electron chi connectivity index (χ4n) is 2.41. The lowest BCUT2D eigenvalue weighted by Crippen LogP contribution is -2.33. The minimum atomic E-state index is -3.44. The van der Waals surface area contributed by atoms with Gasteiger partial charge < -0.3 is 0 Å². The van der Waals surface area contributed by atoms with E-state index in [2.05, 4.69) is 4.98 Å². The van der Waals surface area contributed by atoms with E-state index in [0.29, 0.717) is 11.4 Å². The summed E-state index contributed by atoms with van der Waals surface area (Å²) in [5.74, 6) is 0. The molecule has 0 aliphatic heterocycles. The van der Waals surface area contributed by atoms with E-state index >= 15 is 0 Å². The van der Waals surface area contributed by atoms with Crippen LogP contribution in [-0.2, 0) is 16.6 Å². The SMILES string of the molecule is Cc1cc(S(=O)(=O)N(Cc2ccccn2)C2CC2)c(C)s1. The number of hydrogen-bond acceptors (Lipinski definition) is 4. The number of aromatic nitrogens is 1. The van der Waals surface area contributed by atoms with E-state index < -0.39 is 10.0 Å². The molecule has 1 aliphatic rings. The summed E-state index contributed by atoms with van der Waals surface area (Å²) in [6, 6.07) is 7.50. The number of nitrogens with zero attached hydrogens (tertiary/aromatic N) is 2. The lowest BCUT2D eigenvalue weighted by molar-refractivity contribution is 0.394. The van der Waals surface area contributed by atoms with Crippen LogP contribution in [0.1, 0.15) is 28.3 Å². The van der Waals surface area contributed by atoms with Crippen LogP contribution in [-0.4, -0.2) is 23.7 Å². The van der Waals surface area contributed by atoms with Gasteiger partial charge in [0.2, 0.25) is 10.0 Å². The first-order chi connectivity index (χ1) is 9.98. The molecular weight excluding hydrogens is 304 g/mol. The summed E-state index contributed by atoms with van der Waals surface area (Å²) in [7, 11) is -3.44. The molecule has 2 aromatic heterocycles. The Morgan fingerprint density at radius 2 is 2.10 bits per heavy atom. The maximum atomic E-state index is 13.0. The van der Waals surface area contributed by atoms with Gasteiger partial charge in [-0.25, -0.2) is 8.42 Å². The molecule has 0 saturated heterocycles. The molecule has 1 saturated carbocycles. The van der Waals surface area contributed by atoms with Gasteiger partial charge in [0, 0.05) is 22.0 Å². The van der Waals surface area contributed by atoms with Gasteiger partial charge in [0.25, 0.3) is 0 Å². The topological polar surface area (TPSA) is 50.3 Å². The molecule has 1 fully saturated rings. The Bertz CT molecular complexity index is 734. The molecule has 0 amide bonds. The first kappa shape index (κ1) is 14.7. The van der Waals surface area contributed by atoms with Gasteiger partial charge in [0.05, 0.1) is 17.1 Å². The first-order valence-corrected chi connectivity index (χ1v) is 9.23. The summed E-state index contributed by atoms with van der Waals surface area (Å²) in [6.07, 6.45) is 3.58. The van der Waals surface area contributed by atoms with E-state index in [4.69, 9.17) is 0 Å². The smallest absolute Gasteiger partial charge is 0.244 e. The Labute approximate surface area is 129 Å². The van der Waals surface area contributed by atoms with Crippen LogP contribution in [0.5, 0.6) is 0 Å². The molecule has 112 valence electrons. The highest BCUT2D eigenvalue weighted by Crippen LogP contribution is 2.36. The van der Waals surface area contributed by atoms with Gasteiger partial charge in [0.15, 0.2) is 0 Å². The zero-order valence-electron chi connectivity index (χ0n) is 12.1. The molecule has 2 heterocycles. The molecule has 0 radical (unpaired) electrons. The first-order valence-electron chi connectivity index (χ1n) is 6.97. The van der Waals surface area contributed by atoms with Crippen LogP contribution in [0.2, 0.25) is 0 Å². The zero-order chi connectivity index (χ0) is 15.0. The normalized spacial score (nSPS) is 15.6. The number of hydrogen-bond donors (Lipinski definition) is 0. The van der Waals surface area contributed by atoms with Crippen LogP contribution in [0.25, 0.3) is 0 Å². The highest BCUT2D eigenvalue weighted by molar-refractivity contribution is 7.89. The van der Waals surface area contributed by atoms with E-state index in [0.717, 1.165) is 28.3 Å². The molecule has 2 aromatic rings. The van der Waals surface area contributed by atoms with Gasteiger partial charge in [-0.1, -0.05) is 6.07 Å². The Morgan fingerprint density at radius 1 is 1.33 bits per heavy atom. The predicted molar refractivity (Wildman–Crippen MR) is 83.8 cm³/mol. The van der Waals surface area contributed by atoms with Crippen LogP contribution in [0.4, 0.5) is 0 Å². The summed E-state index contributed by atoms with van der Waals surface area (Å²) in [4.78, 5) is 6.60. The number of thiophene rings is 1. The second-order valence-electron chi connectivity index (χ2n) is 5.38. The van der Waals surface area contributed by atoms with E-state index in [1.54, 1.807) is 16.6 Å². The van der Waals surface area contributed by atoms with Crippen LogP contribution in [0, 0.1) is 13.8 Å². The maximum absolute atomic E-state index is 13.0. The molecule has 1 aliphatic carbocycles. The van der Waals surface area contributed by atoms with Gasteiger partial charge >= 0.3 is 0 Å². The molecule has 0 bridgehead atoms. The fraction of sp³-hybridized carbons (Fsp3) is 0.400. The molecule has 3 rings (SSSR count). The van der Waals surface area contributed by atoms with Crippen molar-refractivity contribution in [3.8, 4) is 0 Å². The Kier molecular flexibility index (Phi) is 3.86. The highest BCUT2D eigenvalue weighted by Gasteiger charge is 2.39. The molecule has 0 atom stereocenters. The minimum Gasteiger partial charge on any atom is -0.260 e. The molecule has 0 aromatic carbocycles. The van der Waals surface area contributed by atoms with Crippen molar-refractivity contribution in [3.63, 3.8) is 0 Å². The third-order valence-corrected chi connectivity index (χ3v) is 6.70. The van der Waals surface area contributed by atoms with Gasteiger partial charge in [-0.2, -0.15) is 4.31 Å². The predicted octanol–water partition coefficient (Wildman–Crippen LogP) is 3.11. The van der Waals surface area contributed by atoms with Crippen molar-refractivity contribution in [3.05, 3.63) is 45.9 Å². The van der Waals surface area contributed by atoms with E-state index in [1.165, 1.54) is 11.3 Å². The van der Waals surface area contributed by atoms with Crippen LogP contribution < -0.4 is 0 Å². The molecule has 4 nitrogen and oxygen atoms in total. The summed E-state index contributed by atoms with van der Waals surface area (Å²) < 4.78 is 27.5. The number of aryl methyl sites for hydroxylation is 2. The Hall–Kier alpha value is -1.24. The van der Waals surface area contributed by atoms with Crippen molar-refractivity contribution in [2.45, 2.75) is 44.2 Å². The Balaban J connectivity index is 1.95. The molecule has 0 N–H and O–H groups in total. The fourth-order valence-corrected chi connectivity index (χ4v) is 5.60. The van der Waals surface area contributed by atoms with E-state index in [-0.39, 0.29) is 6.04 Å². The average molecular weight is 322 g/mol. The second-order valence-corrected chi connectivity index (χ2v) is 8.70. The van der Waals surface area contributed by atoms with Gasteiger partial charge in [-0.05, 0) is 44.9 Å². The molecule has 21 heavy (non-hydrogen) atoms. The molecule has 0 unspecified atom stereocenters. The van der Waals surface area contributed by atoms with Gasteiger partial charge in [0.1, 0.15) is 0 Å². The van der Waals surface area contributed by atoms with Crippen molar-refractivity contribution >= 4 is 21.4 Å². The van der Waals surface area contributed by atoms with E-state index in [9.17, 15) is 8.42 Å². The number of sulfonamides is 1. The third kappa shape index (κ3) is 3.02. The zero-order valence-corrected chi connectivity index (χ0v) is 13.7. The molecule has 6 heteroatoms. The van der Waals surface area contributed by atoms with Gasteiger partial charge in [-0.15, -0.1) is 11.3 Å². The van der Waals surface area contributed by atoms with Crippen LogP contribution in [0.3, 0.4) is 0 Å². The lowest BCUT2D eigenvalue weighted by atomic mass is 10.3. The van der Waals surface area contributed by atoms with Crippen molar-refractivity contribution < 1.29 is 8.42 Å². The molecular formula is C15H18N2O2S2. The number of pyridine rings is 1. The van der Waals surface area contributed by atoms with Crippen LogP contribution >= 0.6 is 11.3 Å². The van der Waals surface area contributed by atoms with Gasteiger partial charge in [-0.3, -0.25) is 4.98 Å². The minimum absolute atomic E-state index is 0.122. The largest absolute Gasteiger partial charge is 0.260 e. The maximum Gasteiger partial charge on any atom is 0.244 e. The highest BCUT2D eigenvalue weighted by atomic mass is 32.2. The van der Waals surface area contributed by atoms with Crippen LogP contribution in [0.15, 0.2) is 35.4 Å². The van der Waals surface area contributed by atoms with Crippen molar-refractivity contribution in [2.75, 3.05) is 0 Å². The van der Waals surface area contributed by atoms with Crippen molar-refractivity contribution in [2.24, 2.45) is 0 Å². The average Bonchev–Trinajstić information content (AvgIpc) is 3.21. The quantitative estimate of drug-likeness (QED) is 0.850. The number of rotatable bonds is 5.